The third kappa shape index (κ3) is 8.01. The van der Waals surface area contributed by atoms with E-state index >= 15 is 0 Å². The summed E-state index contributed by atoms with van der Waals surface area (Å²) in [5.74, 6) is 0.659. The Labute approximate surface area is 172 Å². The van der Waals surface area contributed by atoms with Crippen molar-refractivity contribution in [2.45, 2.75) is 32.3 Å². The van der Waals surface area contributed by atoms with Gasteiger partial charge in [-0.2, -0.15) is 0 Å². The van der Waals surface area contributed by atoms with Crippen molar-refractivity contribution in [3.8, 4) is 5.75 Å². The predicted octanol–water partition coefficient (Wildman–Crippen LogP) is 3.31. The number of hydrogen-bond acceptors (Lipinski definition) is 5. The highest BCUT2D eigenvalue weighted by molar-refractivity contribution is 5.41. The van der Waals surface area contributed by atoms with Crippen LogP contribution < -0.4 is 4.74 Å². The molecule has 1 aromatic rings. The number of aliphatic hydroxyl groups is 3. The van der Waals surface area contributed by atoms with E-state index in [1.807, 2.05) is 51.1 Å². The van der Waals surface area contributed by atoms with E-state index in [1.165, 1.54) is 0 Å². The van der Waals surface area contributed by atoms with Crippen LogP contribution in [0.5, 0.6) is 5.75 Å². The maximum absolute atomic E-state index is 12.7. The number of halogens is 1. The SMILES string of the molecule is C=C(/C=C\C(=C/C)OCC(CO)CF)C(C)(C)c1ccc(OCC(O)CO)cc1. The molecule has 3 N–H and O–H groups in total. The molecule has 1 rings (SSSR count). The van der Waals surface area contributed by atoms with Crippen LogP contribution in [-0.4, -0.2) is 54.5 Å². The highest BCUT2D eigenvalue weighted by Gasteiger charge is 2.23. The van der Waals surface area contributed by atoms with Gasteiger partial charge in [0.05, 0.1) is 26.5 Å². The van der Waals surface area contributed by atoms with Gasteiger partial charge in [-0.25, -0.2) is 0 Å². The van der Waals surface area contributed by atoms with Crippen molar-refractivity contribution < 1.29 is 29.2 Å². The van der Waals surface area contributed by atoms with Crippen LogP contribution >= 0.6 is 0 Å². The van der Waals surface area contributed by atoms with E-state index in [2.05, 4.69) is 6.58 Å². The quantitative estimate of drug-likeness (QED) is 0.345. The molecule has 0 spiro atoms. The lowest BCUT2D eigenvalue weighted by Crippen LogP contribution is -2.21. The van der Waals surface area contributed by atoms with Crippen molar-refractivity contribution in [1.82, 2.24) is 0 Å². The molecule has 0 saturated carbocycles. The number of rotatable bonds is 13. The summed E-state index contributed by atoms with van der Waals surface area (Å²) < 4.78 is 23.7. The van der Waals surface area contributed by atoms with E-state index in [0.717, 1.165) is 11.1 Å². The first-order chi connectivity index (χ1) is 13.8. The van der Waals surface area contributed by atoms with E-state index < -0.39 is 18.7 Å². The van der Waals surface area contributed by atoms with Gasteiger partial charge in [0.25, 0.3) is 0 Å². The van der Waals surface area contributed by atoms with E-state index in [1.54, 1.807) is 12.2 Å². The van der Waals surface area contributed by atoms with Crippen LogP contribution in [0.2, 0.25) is 0 Å². The minimum atomic E-state index is -0.906. The number of allylic oxidation sites excluding steroid dienone is 4. The highest BCUT2D eigenvalue weighted by atomic mass is 19.1. The van der Waals surface area contributed by atoms with E-state index in [4.69, 9.17) is 19.7 Å². The Hall–Kier alpha value is -2.15. The van der Waals surface area contributed by atoms with E-state index in [-0.39, 0.29) is 31.8 Å². The molecule has 2 atom stereocenters. The summed E-state index contributed by atoms with van der Waals surface area (Å²) in [6.45, 7) is 9.00. The normalized spacial score (nSPS) is 14.7. The maximum Gasteiger partial charge on any atom is 0.119 e. The third-order valence-electron chi connectivity index (χ3n) is 4.73. The summed E-state index contributed by atoms with van der Waals surface area (Å²) in [5, 5.41) is 27.2. The second-order valence-electron chi connectivity index (χ2n) is 7.36. The zero-order valence-electron chi connectivity index (χ0n) is 17.5. The Bertz CT molecular complexity index is 675. The minimum Gasteiger partial charge on any atom is -0.493 e. The summed E-state index contributed by atoms with van der Waals surface area (Å²) in [6.07, 6.45) is 4.51. The molecule has 0 heterocycles. The summed E-state index contributed by atoms with van der Waals surface area (Å²) >= 11 is 0. The van der Waals surface area contributed by atoms with Crippen molar-refractivity contribution in [3.63, 3.8) is 0 Å². The fourth-order valence-electron chi connectivity index (χ4n) is 2.38. The van der Waals surface area contributed by atoms with Gasteiger partial charge in [-0.05, 0) is 42.3 Å². The molecule has 0 aromatic heterocycles. The Kier molecular flexibility index (Phi) is 10.7. The molecule has 0 bridgehead atoms. The van der Waals surface area contributed by atoms with Crippen molar-refractivity contribution in [2.75, 3.05) is 33.1 Å². The molecule has 2 unspecified atom stereocenters. The summed E-state index contributed by atoms with van der Waals surface area (Å²) in [4.78, 5) is 0. The lowest BCUT2D eigenvalue weighted by molar-refractivity contribution is 0.0536. The Morgan fingerprint density at radius 3 is 2.31 bits per heavy atom. The number of hydrogen-bond donors (Lipinski definition) is 3. The Morgan fingerprint density at radius 2 is 1.79 bits per heavy atom. The largest absolute Gasteiger partial charge is 0.493 e. The lowest BCUT2D eigenvalue weighted by Gasteiger charge is -2.26. The van der Waals surface area contributed by atoms with Gasteiger partial charge < -0.3 is 24.8 Å². The smallest absolute Gasteiger partial charge is 0.119 e. The second-order valence-corrected chi connectivity index (χ2v) is 7.36. The monoisotopic (exact) mass is 408 g/mol. The molecule has 0 saturated heterocycles. The third-order valence-corrected chi connectivity index (χ3v) is 4.73. The lowest BCUT2D eigenvalue weighted by atomic mass is 9.78. The fourth-order valence-corrected chi connectivity index (χ4v) is 2.38. The molecule has 0 aliphatic heterocycles. The average molecular weight is 409 g/mol. The molecular formula is C23H33FO5. The van der Waals surface area contributed by atoms with Gasteiger partial charge >= 0.3 is 0 Å². The molecular weight excluding hydrogens is 375 g/mol. The van der Waals surface area contributed by atoms with Gasteiger partial charge in [0.1, 0.15) is 24.2 Å². The topological polar surface area (TPSA) is 79.2 Å². The zero-order chi connectivity index (χ0) is 21.9. The molecule has 6 heteroatoms. The van der Waals surface area contributed by atoms with Crippen LogP contribution in [0.3, 0.4) is 0 Å². The second kappa shape index (κ2) is 12.4. The predicted molar refractivity (Wildman–Crippen MR) is 113 cm³/mol. The van der Waals surface area contributed by atoms with Gasteiger partial charge in [0, 0.05) is 11.3 Å². The number of benzene rings is 1. The van der Waals surface area contributed by atoms with Crippen LogP contribution in [0.25, 0.3) is 0 Å². The fraction of sp³-hybridized carbons (Fsp3) is 0.478. The van der Waals surface area contributed by atoms with Crippen molar-refractivity contribution in [2.24, 2.45) is 5.92 Å². The summed E-state index contributed by atoms with van der Waals surface area (Å²) in [7, 11) is 0. The van der Waals surface area contributed by atoms with Gasteiger partial charge in [0.2, 0.25) is 0 Å². The van der Waals surface area contributed by atoms with Crippen molar-refractivity contribution in [1.29, 1.82) is 0 Å². The first-order valence-corrected chi connectivity index (χ1v) is 9.64. The summed E-state index contributed by atoms with van der Waals surface area (Å²) in [6, 6.07) is 7.48. The van der Waals surface area contributed by atoms with E-state index in [0.29, 0.717) is 11.5 Å². The molecule has 0 fully saturated rings. The van der Waals surface area contributed by atoms with Gasteiger partial charge in [-0.1, -0.05) is 38.6 Å². The van der Waals surface area contributed by atoms with Gasteiger partial charge in [-0.3, -0.25) is 4.39 Å². The van der Waals surface area contributed by atoms with Crippen molar-refractivity contribution >= 4 is 0 Å². The molecule has 29 heavy (non-hydrogen) atoms. The Morgan fingerprint density at radius 1 is 1.14 bits per heavy atom. The molecule has 0 aliphatic rings. The first-order valence-electron chi connectivity index (χ1n) is 9.64. The maximum atomic E-state index is 12.7. The molecule has 1 aromatic carbocycles. The molecule has 162 valence electrons. The number of aliphatic hydroxyl groups excluding tert-OH is 3. The average Bonchev–Trinajstić information content (AvgIpc) is 2.74. The van der Waals surface area contributed by atoms with Crippen LogP contribution in [-0.2, 0) is 10.2 Å². The van der Waals surface area contributed by atoms with Crippen LogP contribution in [0.4, 0.5) is 4.39 Å². The standard InChI is InChI=1S/C23H33FO5/c1-5-21(28-15-18(12-24)13-25)9-6-17(2)23(3,4)19-7-10-22(11-8-19)29-16-20(27)14-26/h5-11,18,20,25-27H,2,12-16H2,1,3-4H3/b9-6-,21-5+. The number of alkyl halides is 1. The van der Waals surface area contributed by atoms with E-state index in [9.17, 15) is 9.50 Å². The molecule has 0 aliphatic carbocycles. The molecule has 0 amide bonds. The highest BCUT2D eigenvalue weighted by Crippen LogP contribution is 2.32. The molecule has 5 nitrogen and oxygen atoms in total. The summed E-state index contributed by atoms with van der Waals surface area (Å²) in [5.41, 5.74) is 1.53. The van der Waals surface area contributed by atoms with Crippen LogP contribution in [0, 0.1) is 5.92 Å². The van der Waals surface area contributed by atoms with Crippen molar-refractivity contribution in [3.05, 3.63) is 66.0 Å². The number of ether oxygens (including phenoxy) is 2. The zero-order valence-corrected chi connectivity index (χ0v) is 17.5. The molecule has 0 radical (unpaired) electrons. The van der Waals surface area contributed by atoms with Crippen LogP contribution in [0.15, 0.2) is 60.4 Å². The van der Waals surface area contributed by atoms with Crippen LogP contribution in [0.1, 0.15) is 26.3 Å². The van der Waals surface area contributed by atoms with Gasteiger partial charge in [-0.15, -0.1) is 0 Å². The first kappa shape index (κ1) is 24.9. The van der Waals surface area contributed by atoms with Gasteiger partial charge in [0.15, 0.2) is 0 Å². The Balaban J connectivity index is 2.75. The minimum absolute atomic E-state index is 0.0281.